The Morgan fingerprint density at radius 1 is 1.24 bits per heavy atom. The van der Waals surface area contributed by atoms with Crippen LogP contribution in [0.25, 0.3) is 0 Å². The number of hydrogen-bond acceptors (Lipinski definition) is 4. The van der Waals surface area contributed by atoms with Crippen LogP contribution in [0.1, 0.15) is 60.8 Å². The maximum atomic E-state index is 12.8. The van der Waals surface area contributed by atoms with Crippen LogP contribution in [0.4, 0.5) is 4.79 Å². The normalized spacial score (nSPS) is 19.1. The molecule has 6 heteroatoms. The number of nitrogens with zero attached hydrogens (tertiary/aromatic N) is 1. The van der Waals surface area contributed by atoms with Gasteiger partial charge in [-0.05, 0) is 51.3 Å². The van der Waals surface area contributed by atoms with Crippen LogP contribution in [-0.4, -0.2) is 56.1 Å². The van der Waals surface area contributed by atoms with E-state index in [2.05, 4.69) is 39.3 Å². The smallest absolute Gasteiger partial charge is 0.411 e. The third-order valence-electron chi connectivity index (χ3n) is 5.99. The Bertz CT molecular complexity index is 901. The van der Waals surface area contributed by atoms with Gasteiger partial charge in [-0.2, -0.15) is 0 Å². The van der Waals surface area contributed by atoms with Gasteiger partial charge in [0.05, 0.1) is 33.5 Å². The van der Waals surface area contributed by atoms with Crippen LogP contribution in [0.3, 0.4) is 0 Å². The van der Waals surface area contributed by atoms with E-state index in [9.17, 15) is 9.90 Å². The van der Waals surface area contributed by atoms with Crippen LogP contribution in [0.2, 0.25) is 0 Å². The molecule has 190 valence electrons. The van der Waals surface area contributed by atoms with E-state index in [1.807, 2.05) is 39.0 Å². The Hall–Kier alpha value is -2.73. The van der Waals surface area contributed by atoms with Crippen LogP contribution < -0.4 is 5.32 Å². The Balaban J connectivity index is 3.22. The van der Waals surface area contributed by atoms with E-state index in [1.165, 1.54) is 0 Å². The van der Waals surface area contributed by atoms with Gasteiger partial charge < -0.3 is 19.1 Å². The van der Waals surface area contributed by atoms with Crippen molar-refractivity contribution in [2.75, 3.05) is 34.3 Å². The van der Waals surface area contributed by atoms with E-state index in [0.717, 1.165) is 58.6 Å². The lowest BCUT2D eigenvalue weighted by Crippen LogP contribution is -2.47. The fraction of sp³-hybridized carbons (Fsp3) is 0.536. The van der Waals surface area contributed by atoms with Crippen LogP contribution >= 0.6 is 0 Å². The molecule has 0 radical (unpaired) electrons. The van der Waals surface area contributed by atoms with Gasteiger partial charge in [0.15, 0.2) is 0 Å². The SMILES string of the molecule is C/C=C\C(=C(\O)CC)C(C)OC(=O)NC1=C(/C(C)=C/C=C(OC)\C(C)=C\CC)C[N+](C)(C)CC1. The molecule has 0 fully saturated rings. The molecule has 1 amide bonds. The van der Waals surface area contributed by atoms with E-state index in [4.69, 9.17) is 9.47 Å². The molecular formula is C28H45N2O4+. The van der Waals surface area contributed by atoms with E-state index < -0.39 is 12.2 Å². The third-order valence-corrected chi connectivity index (χ3v) is 5.99. The number of nitrogens with one attached hydrogen (secondary N) is 1. The topological polar surface area (TPSA) is 67.8 Å². The minimum Gasteiger partial charge on any atom is -0.512 e. The fourth-order valence-corrected chi connectivity index (χ4v) is 3.96. The number of alkyl carbamates (subject to hydrolysis) is 1. The predicted molar refractivity (Wildman–Crippen MR) is 140 cm³/mol. The second kappa shape index (κ2) is 13.9. The molecule has 6 nitrogen and oxygen atoms in total. The summed E-state index contributed by atoms with van der Waals surface area (Å²) in [6, 6.07) is 0. The number of ether oxygens (including phenoxy) is 2. The van der Waals surface area contributed by atoms with Crippen molar-refractivity contribution in [1.82, 2.24) is 5.32 Å². The monoisotopic (exact) mass is 473 g/mol. The second-order valence-corrected chi connectivity index (χ2v) is 9.33. The molecule has 0 saturated carbocycles. The van der Waals surface area contributed by atoms with E-state index in [1.54, 1.807) is 20.1 Å². The molecule has 2 N–H and O–H groups in total. The Labute approximate surface area is 206 Å². The first-order chi connectivity index (χ1) is 16.0. The summed E-state index contributed by atoms with van der Waals surface area (Å²) in [5.74, 6) is 1.05. The number of methoxy groups -OCH3 is 1. The molecule has 34 heavy (non-hydrogen) atoms. The van der Waals surface area contributed by atoms with E-state index >= 15 is 0 Å². The van der Waals surface area contributed by atoms with Gasteiger partial charge in [-0.15, -0.1) is 0 Å². The number of likely N-dealkylation sites (N-methyl/N-ethyl adjacent to an activating group) is 1. The summed E-state index contributed by atoms with van der Waals surface area (Å²) in [5, 5.41) is 13.2. The highest BCUT2D eigenvalue weighted by Crippen LogP contribution is 2.26. The molecule has 1 aliphatic heterocycles. The van der Waals surface area contributed by atoms with Crippen LogP contribution in [0, 0.1) is 0 Å². The lowest BCUT2D eigenvalue weighted by atomic mass is 9.97. The largest absolute Gasteiger partial charge is 0.512 e. The number of aliphatic hydroxyl groups excluding tert-OH is 1. The summed E-state index contributed by atoms with van der Waals surface area (Å²) < 4.78 is 12.0. The summed E-state index contributed by atoms with van der Waals surface area (Å²) in [6.45, 7) is 13.4. The number of quaternary nitrogens is 1. The van der Waals surface area contributed by atoms with Crippen molar-refractivity contribution in [1.29, 1.82) is 0 Å². The zero-order valence-corrected chi connectivity index (χ0v) is 22.6. The van der Waals surface area contributed by atoms with Crippen molar-refractivity contribution in [2.24, 2.45) is 0 Å². The summed E-state index contributed by atoms with van der Waals surface area (Å²) in [4.78, 5) is 12.8. The first-order valence-corrected chi connectivity index (χ1v) is 12.2. The fourth-order valence-electron chi connectivity index (χ4n) is 3.96. The van der Waals surface area contributed by atoms with Gasteiger partial charge in [-0.3, -0.25) is 5.32 Å². The zero-order valence-electron chi connectivity index (χ0n) is 22.6. The molecule has 1 aliphatic rings. The van der Waals surface area contributed by atoms with Crippen molar-refractivity contribution in [2.45, 2.75) is 66.9 Å². The molecule has 1 atom stereocenters. The molecule has 0 aromatic heterocycles. The minimum atomic E-state index is -0.562. The van der Waals surface area contributed by atoms with Gasteiger partial charge in [-0.1, -0.05) is 38.2 Å². The highest BCUT2D eigenvalue weighted by molar-refractivity contribution is 5.71. The maximum Gasteiger partial charge on any atom is 0.411 e. The van der Waals surface area contributed by atoms with Crippen LogP contribution in [0.15, 0.2) is 69.9 Å². The summed E-state index contributed by atoms with van der Waals surface area (Å²) in [7, 11) is 6.06. The Morgan fingerprint density at radius 3 is 2.47 bits per heavy atom. The van der Waals surface area contributed by atoms with Gasteiger partial charge in [0.2, 0.25) is 0 Å². The van der Waals surface area contributed by atoms with Gasteiger partial charge in [0.1, 0.15) is 18.4 Å². The van der Waals surface area contributed by atoms with Crippen molar-refractivity contribution in [3.8, 4) is 0 Å². The molecule has 1 rings (SSSR count). The molecule has 1 unspecified atom stereocenters. The quantitative estimate of drug-likeness (QED) is 0.217. The Morgan fingerprint density at radius 2 is 1.91 bits per heavy atom. The lowest BCUT2D eigenvalue weighted by molar-refractivity contribution is -0.887. The van der Waals surface area contributed by atoms with Crippen LogP contribution in [0.5, 0.6) is 0 Å². The zero-order chi connectivity index (χ0) is 25.9. The van der Waals surface area contributed by atoms with Crippen molar-refractivity contribution < 1.29 is 23.9 Å². The highest BCUT2D eigenvalue weighted by atomic mass is 16.6. The number of carbonyl (C=O) groups excluding carboxylic acids is 1. The number of rotatable bonds is 10. The van der Waals surface area contributed by atoms with E-state index in [0.29, 0.717) is 12.0 Å². The van der Waals surface area contributed by atoms with E-state index in [-0.39, 0.29) is 5.76 Å². The summed E-state index contributed by atoms with van der Waals surface area (Å²) >= 11 is 0. The molecule has 0 bridgehead atoms. The molecule has 0 saturated heterocycles. The first-order valence-electron chi connectivity index (χ1n) is 12.2. The number of carbonyl (C=O) groups is 1. The highest BCUT2D eigenvalue weighted by Gasteiger charge is 2.29. The number of aliphatic hydroxyl groups is 1. The van der Waals surface area contributed by atoms with Crippen molar-refractivity contribution in [3.63, 3.8) is 0 Å². The lowest BCUT2D eigenvalue weighted by Gasteiger charge is -2.36. The van der Waals surface area contributed by atoms with Crippen molar-refractivity contribution >= 4 is 6.09 Å². The average molecular weight is 474 g/mol. The third kappa shape index (κ3) is 8.90. The second-order valence-electron chi connectivity index (χ2n) is 9.33. The van der Waals surface area contributed by atoms with Crippen LogP contribution in [-0.2, 0) is 9.47 Å². The number of allylic oxidation sites excluding steroid dienone is 6. The average Bonchev–Trinajstić information content (AvgIpc) is 2.78. The molecule has 0 aliphatic carbocycles. The standard InChI is InChI=1S/C28H44N2O4/c1-10-13-21(5)27(33-9)16-15-20(4)24-19-30(7,8)18-17-25(24)29-28(32)34-22(6)23(14-11-2)26(31)12-3/h11,13-16,22H,10,12,17-19H2,1-9H3,(H-,29,31,32)/p+1/b14-11-,20-15+,21-13+,26-23-,27-16+. The summed E-state index contributed by atoms with van der Waals surface area (Å²) in [5.41, 5.74) is 4.77. The number of hydrogen-bond donors (Lipinski definition) is 2. The van der Waals surface area contributed by atoms with Crippen molar-refractivity contribution in [3.05, 3.63) is 69.9 Å². The molecule has 1 heterocycles. The molecular weight excluding hydrogens is 428 g/mol. The van der Waals surface area contributed by atoms with Gasteiger partial charge in [0.25, 0.3) is 0 Å². The first kappa shape index (κ1) is 29.3. The number of amides is 1. The molecule has 0 spiro atoms. The Kier molecular flexibility index (Phi) is 11.9. The van der Waals surface area contributed by atoms with Gasteiger partial charge in [0, 0.05) is 29.7 Å². The van der Waals surface area contributed by atoms with Gasteiger partial charge in [-0.25, -0.2) is 4.79 Å². The van der Waals surface area contributed by atoms with Gasteiger partial charge >= 0.3 is 6.09 Å². The maximum absolute atomic E-state index is 12.8. The minimum absolute atomic E-state index is 0.224. The molecule has 0 aromatic rings. The molecule has 0 aromatic carbocycles. The predicted octanol–water partition coefficient (Wildman–Crippen LogP) is 6.47. The summed E-state index contributed by atoms with van der Waals surface area (Å²) in [6.07, 6.45) is 10.9.